The fourth-order valence-electron chi connectivity index (χ4n) is 2.08. The first-order chi connectivity index (χ1) is 9.16. The van der Waals surface area contributed by atoms with Crippen LogP contribution < -0.4 is 0 Å². The van der Waals surface area contributed by atoms with Gasteiger partial charge < -0.3 is 5.11 Å². The van der Waals surface area contributed by atoms with E-state index >= 15 is 0 Å². The first-order valence-corrected chi connectivity index (χ1v) is 7.70. The molecule has 0 spiro atoms. The summed E-state index contributed by atoms with van der Waals surface area (Å²) in [5.74, 6) is 0. The van der Waals surface area contributed by atoms with Gasteiger partial charge in [0, 0.05) is 6.42 Å². The van der Waals surface area contributed by atoms with Gasteiger partial charge in [-0.05, 0) is 17.4 Å². The molecule has 0 saturated heterocycles. The summed E-state index contributed by atoms with van der Waals surface area (Å²) in [7, 11) is 0. The zero-order chi connectivity index (χ0) is 13.7. The van der Waals surface area contributed by atoms with E-state index in [-0.39, 0.29) is 0 Å². The monoisotopic (exact) mass is 288 g/mol. The van der Waals surface area contributed by atoms with Crippen LogP contribution in [0.3, 0.4) is 0 Å². The quantitative estimate of drug-likeness (QED) is 0.859. The van der Waals surface area contributed by atoms with Gasteiger partial charge in [-0.2, -0.15) is 0 Å². The molecule has 98 valence electrons. The van der Waals surface area contributed by atoms with Gasteiger partial charge in [0.05, 0.1) is 4.20 Å². The molecule has 0 aliphatic carbocycles. The van der Waals surface area contributed by atoms with E-state index in [0.717, 1.165) is 15.3 Å². The van der Waals surface area contributed by atoms with Crippen molar-refractivity contribution in [3.05, 3.63) is 71.8 Å². The summed E-state index contributed by atoms with van der Waals surface area (Å²) in [4.78, 5) is 0. The molecule has 3 heteroatoms. The first-order valence-electron chi connectivity index (χ1n) is 6.07. The number of thioether (sulfide) groups is 1. The standard InChI is InChI=1S/C16H16OS2/c1-19-15(18)12-16(17,13-8-4-2-5-9-13)14-10-6-3-7-11-14/h2-11,17H,12H2,1H3. The predicted molar refractivity (Wildman–Crippen MR) is 86.6 cm³/mol. The molecule has 19 heavy (non-hydrogen) atoms. The van der Waals surface area contributed by atoms with Gasteiger partial charge in [0.15, 0.2) is 0 Å². The van der Waals surface area contributed by atoms with Crippen LogP contribution in [0.5, 0.6) is 0 Å². The maximum atomic E-state index is 11.2. The SMILES string of the molecule is CSC(=S)CC(O)(c1ccccc1)c1ccccc1. The molecule has 2 aromatic carbocycles. The molecule has 0 aromatic heterocycles. The number of hydrogen-bond acceptors (Lipinski definition) is 3. The fourth-order valence-corrected chi connectivity index (χ4v) is 2.64. The third-order valence-corrected chi connectivity index (χ3v) is 4.37. The Morgan fingerprint density at radius 3 is 1.79 bits per heavy atom. The van der Waals surface area contributed by atoms with Crippen molar-refractivity contribution in [2.45, 2.75) is 12.0 Å². The van der Waals surface area contributed by atoms with Crippen LogP contribution in [0.4, 0.5) is 0 Å². The van der Waals surface area contributed by atoms with E-state index in [1.165, 1.54) is 11.8 Å². The van der Waals surface area contributed by atoms with Crippen LogP contribution in [0.1, 0.15) is 17.5 Å². The lowest BCUT2D eigenvalue weighted by Crippen LogP contribution is -2.29. The Morgan fingerprint density at radius 1 is 1.00 bits per heavy atom. The lowest BCUT2D eigenvalue weighted by Gasteiger charge is -2.29. The van der Waals surface area contributed by atoms with Crippen molar-refractivity contribution in [1.82, 2.24) is 0 Å². The van der Waals surface area contributed by atoms with Crippen molar-refractivity contribution in [3.8, 4) is 0 Å². The van der Waals surface area contributed by atoms with Gasteiger partial charge in [0.25, 0.3) is 0 Å². The van der Waals surface area contributed by atoms with Crippen LogP contribution in [0, 0.1) is 0 Å². The van der Waals surface area contributed by atoms with E-state index in [0.29, 0.717) is 6.42 Å². The second-order valence-corrected chi connectivity index (χ2v) is 6.00. The van der Waals surface area contributed by atoms with Crippen molar-refractivity contribution in [3.63, 3.8) is 0 Å². The average molecular weight is 288 g/mol. The molecule has 0 heterocycles. The van der Waals surface area contributed by atoms with Crippen molar-refractivity contribution in [2.75, 3.05) is 6.26 Å². The topological polar surface area (TPSA) is 20.2 Å². The molecule has 1 nitrogen and oxygen atoms in total. The maximum Gasteiger partial charge on any atom is 0.120 e. The molecule has 0 bridgehead atoms. The summed E-state index contributed by atoms with van der Waals surface area (Å²) in [6.07, 6.45) is 2.39. The summed E-state index contributed by atoms with van der Waals surface area (Å²) < 4.78 is 0.801. The van der Waals surface area contributed by atoms with Crippen LogP contribution in [-0.4, -0.2) is 15.6 Å². The molecule has 0 aliphatic heterocycles. The van der Waals surface area contributed by atoms with E-state index < -0.39 is 5.60 Å². The Bertz CT molecular complexity index is 498. The van der Waals surface area contributed by atoms with Gasteiger partial charge >= 0.3 is 0 Å². The molecule has 2 rings (SSSR count). The number of benzene rings is 2. The Hall–Kier alpha value is -1.16. The van der Waals surface area contributed by atoms with Gasteiger partial charge in [-0.1, -0.05) is 72.9 Å². The largest absolute Gasteiger partial charge is 0.380 e. The van der Waals surface area contributed by atoms with Crippen molar-refractivity contribution < 1.29 is 5.11 Å². The second kappa shape index (κ2) is 6.33. The third kappa shape index (κ3) is 3.24. The number of rotatable bonds is 4. The van der Waals surface area contributed by atoms with Crippen molar-refractivity contribution in [1.29, 1.82) is 0 Å². The molecule has 0 fully saturated rings. The number of hydrogen-bond donors (Lipinski definition) is 1. The van der Waals surface area contributed by atoms with Gasteiger partial charge in [-0.25, -0.2) is 0 Å². The second-order valence-electron chi connectivity index (χ2n) is 4.35. The Labute approximate surface area is 123 Å². The van der Waals surface area contributed by atoms with E-state index in [9.17, 15) is 5.11 Å². The molecule has 0 aliphatic rings. The highest BCUT2D eigenvalue weighted by Crippen LogP contribution is 2.34. The van der Waals surface area contributed by atoms with Crippen LogP contribution >= 0.6 is 24.0 Å². The van der Waals surface area contributed by atoms with Gasteiger partial charge in [0.2, 0.25) is 0 Å². The summed E-state index contributed by atoms with van der Waals surface area (Å²) in [5.41, 5.74) is 0.693. The lowest BCUT2D eigenvalue weighted by atomic mass is 9.84. The fraction of sp³-hybridized carbons (Fsp3) is 0.188. The van der Waals surface area contributed by atoms with E-state index in [4.69, 9.17) is 12.2 Å². The van der Waals surface area contributed by atoms with E-state index in [1.54, 1.807) is 0 Å². The highest BCUT2D eigenvalue weighted by Gasteiger charge is 2.32. The summed E-state index contributed by atoms with van der Waals surface area (Å²) >= 11 is 6.82. The zero-order valence-corrected chi connectivity index (χ0v) is 12.4. The molecule has 0 radical (unpaired) electrons. The smallest absolute Gasteiger partial charge is 0.120 e. The van der Waals surface area contributed by atoms with Crippen LogP contribution in [0.25, 0.3) is 0 Å². The molecule has 0 atom stereocenters. The highest BCUT2D eigenvalue weighted by molar-refractivity contribution is 8.22. The Balaban J connectivity index is 2.47. The van der Waals surface area contributed by atoms with Crippen LogP contribution in [-0.2, 0) is 5.60 Å². The van der Waals surface area contributed by atoms with E-state index in [1.807, 2.05) is 66.9 Å². The van der Waals surface area contributed by atoms with Gasteiger partial charge in [-0.15, -0.1) is 11.8 Å². The minimum Gasteiger partial charge on any atom is -0.380 e. The minimum atomic E-state index is -1.05. The summed E-state index contributed by atoms with van der Waals surface area (Å²) in [6, 6.07) is 19.4. The normalized spacial score (nSPS) is 11.3. The summed E-state index contributed by atoms with van der Waals surface area (Å²) in [6.45, 7) is 0. The van der Waals surface area contributed by atoms with Crippen LogP contribution in [0.15, 0.2) is 60.7 Å². The lowest BCUT2D eigenvalue weighted by molar-refractivity contribution is 0.0902. The first kappa shape index (κ1) is 14.3. The third-order valence-electron chi connectivity index (χ3n) is 3.13. The van der Waals surface area contributed by atoms with E-state index in [2.05, 4.69) is 0 Å². The molecule has 2 aromatic rings. The Kier molecular flexibility index (Phi) is 4.75. The van der Waals surface area contributed by atoms with Crippen LogP contribution in [0.2, 0.25) is 0 Å². The van der Waals surface area contributed by atoms with Gasteiger partial charge in [0.1, 0.15) is 5.60 Å². The Morgan fingerprint density at radius 2 is 1.42 bits per heavy atom. The molecule has 1 N–H and O–H groups in total. The van der Waals surface area contributed by atoms with Crippen molar-refractivity contribution in [2.24, 2.45) is 0 Å². The maximum absolute atomic E-state index is 11.2. The average Bonchev–Trinajstić information content (AvgIpc) is 2.48. The minimum absolute atomic E-state index is 0.442. The highest BCUT2D eigenvalue weighted by atomic mass is 32.2. The number of thiocarbonyl (C=S) groups is 1. The van der Waals surface area contributed by atoms with Gasteiger partial charge in [-0.3, -0.25) is 0 Å². The molecule has 0 amide bonds. The molecule has 0 unspecified atom stereocenters. The summed E-state index contributed by atoms with van der Waals surface area (Å²) in [5, 5.41) is 11.2. The predicted octanol–water partition coefficient (Wildman–Crippen LogP) is 4.00. The molecular weight excluding hydrogens is 272 g/mol. The number of aliphatic hydroxyl groups is 1. The molecule has 0 saturated carbocycles. The van der Waals surface area contributed by atoms with Crippen molar-refractivity contribution >= 4 is 28.2 Å². The zero-order valence-electron chi connectivity index (χ0n) is 10.7. The molecular formula is C16H16OS2.